The zero-order valence-corrected chi connectivity index (χ0v) is 38.5. The summed E-state index contributed by atoms with van der Waals surface area (Å²) in [6.07, 6.45) is 7.41. The van der Waals surface area contributed by atoms with Crippen LogP contribution in [0.2, 0.25) is 0 Å². The Bertz CT molecular complexity index is 3020. The number of hydrogen-bond acceptors (Lipinski definition) is 13. The smallest absolute Gasteiger partial charge is 0.276 e. The number of hydrogen-bond donors (Lipinski definition) is 3. The molecule has 354 valence electrons. The normalized spacial score (nSPS) is 12.5. The van der Waals surface area contributed by atoms with Crippen LogP contribution in [0.5, 0.6) is 11.5 Å². The summed E-state index contributed by atoms with van der Waals surface area (Å²) in [5, 5.41) is 10.2. The number of methoxy groups -OCH3 is 1. The van der Waals surface area contributed by atoms with Crippen LogP contribution in [-0.4, -0.2) is 114 Å². The third kappa shape index (κ3) is 10.1. The second-order valence-corrected chi connectivity index (χ2v) is 15.8. The molecule has 68 heavy (non-hydrogen) atoms. The first kappa shape index (κ1) is 47.6. The van der Waals surface area contributed by atoms with E-state index in [1.165, 1.54) is 36.3 Å². The van der Waals surface area contributed by atoms with Crippen molar-refractivity contribution < 1.29 is 47.5 Å². The lowest BCUT2D eigenvalue weighted by molar-refractivity contribution is -0.138. The summed E-state index contributed by atoms with van der Waals surface area (Å²) < 4.78 is 22.8. The summed E-state index contributed by atoms with van der Waals surface area (Å²) in [5.74, 6) is -0.878. The van der Waals surface area contributed by atoms with Gasteiger partial charge in [0.1, 0.15) is 46.0 Å². The number of imide groups is 1. The van der Waals surface area contributed by atoms with Gasteiger partial charge in [-0.3, -0.25) is 53.8 Å². The molecule has 0 radical (unpaired) electrons. The maximum atomic E-state index is 13.8. The average molecular weight is 930 g/mol. The fourth-order valence-electron chi connectivity index (χ4n) is 7.84. The second kappa shape index (κ2) is 20.4. The minimum absolute atomic E-state index is 0.0351. The van der Waals surface area contributed by atoms with Crippen molar-refractivity contribution in [2.24, 2.45) is 5.73 Å². The number of rotatable bonds is 21. The van der Waals surface area contributed by atoms with Gasteiger partial charge >= 0.3 is 0 Å². The van der Waals surface area contributed by atoms with E-state index in [4.69, 9.17) is 24.6 Å². The van der Waals surface area contributed by atoms with Crippen molar-refractivity contribution in [3.05, 3.63) is 100 Å². The maximum absolute atomic E-state index is 13.8. The number of amides is 6. The van der Waals surface area contributed by atoms with Gasteiger partial charge < -0.3 is 33.7 Å². The number of furan rings is 1. The van der Waals surface area contributed by atoms with Gasteiger partial charge in [-0.25, -0.2) is 9.97 Å². The lowest BCUT2D eigenvalue weighted by Crippen LogP contribution is -2.36. The number of aromatic nitrogens is 6. The molecule has 7 rings (SSSR count). The van der Waals surface area contributed by atoms with Gasteiger partial charge in [0.2, 0.25) is 23.7 Å². The highest BCUT2D eigenvalue weighted by Crippen LogP contribution is 2.33. The molecular formula is C47H51N11O10. The Morgan fingerprint density at radius 3 is 2.13 bits per heavy atom. The van der Waals surface area contributed by atoms with Crippen molar-refractivity contribution in [3.63, 3.8) is 0 Å². The molecule has 0 bridgehead atoms. The molecule has 0 aliphatic carbocycles. The molecule has 1 aliphatic rings. The molecule has 2 aromatic carbocycles. The van der Waals surface area contributed by atoms with E-state index in [-0.39, 0.29) is 79.6 Å². The van der Waals surface area contributed by atoms with Crippen LogP contribution >= 0.6 is 0 Å². The standard InChI is InChI=1S/C47H51N11O10/c1-7-35-31(21-28(4)68-35)44(64)51-46-49-32-22-29(26-59)23-37(67-19-11-15-54(5)38(60)14-18-55-39(61)12-13-40(55)62)42(32)57(46)17-10-9-16-56-41-33(24-30(43(48)63)25-36(41)66-6)50-47(56)52-45(65)34-20-27(3)53-58(34)8-2/h9-10,12-13,20-26H,7-8,11,14-19H2,1-6H3,(H2,48,63)(H,49,51,64)(H,50,52,65)/b10-9+. The molecule has 0 spiro atoms. The summed E-state index contributed by atoms with van der Waals surface area (Å²) in [4.78, 5) is 101. The Morgan fingerprint density at radius 2 is 1.51 bits per heavy atom. The van der Waals surface area contributed by atoms with Crippen molar-refractivity contribution in [1.82, 2.24) is 38.7 Å². The molecule has 0 atom stereocenters. The van der Waals surface area contributed by atoms with Crippen LogP contribution in [-0.2, 0) is 40.4 Å². The number of nitrogens with one attached hydrogen (secondary N) is 2. The molecule has 6 amide bonds. The highest BCUT2D eigenvalue weighted by molar-refractivity contribution is 6.13. The van der Waals surface area contributed by atoms with Gasteiger partial charge in [0, 0.05) is 75.9 Å². The van der Waals surface area contributed by atoms with Crippen molar-refractivity contribution >= 4 is 75.7 Å². The van der Waals surface area contributed by atoms with Gasteiger partial charge in [0.15, 0.2) is 0 Å². The van der Waals surface area contributed by atoms with Crippen LogP contribution in [0.1, 0.15) is 85.5 Å². The number of allylic oxidation sites excluding steroid dienone is 2. The molecule has 5 heterocycles. The molecule has 6 aromatic rings. The van der Waals surface area contributed by atoms with E-state index < -0.39 is 29.5 Å². The van der Waals surface area contributed by atoms with Gasteiger partial charge in [0.05, 0.1) is 36.0 Å². The predicted molar refractivity (Wildman–Crippen MR) is 249 cm³/mol. The third-order valence-corrected chi connectivity index (χ3v) is 11.2. The average Bonchev–Trinajstić information content (AvgIpc) is 4.14. The number of carbonyl (C=O) groups excluding carboxylic acids is 7. The van der Waals surface area contributed by atoms with E-state index in [9.17, 15) is 33.6 Å². The molecule has 4 aromatic heterocycles. The zero-order chi connectivity index (χ0) is 48.8. The second-order valence-electron chi connectivity index (χ2n) is 15.8. The van der Waals surface area contributed by atoms with Crippen LogP contribution in [0.15, 0.2) is 65.1 Å². The molecule has 0 fully saturated rings. The van der Waals surface area contributed by atoms with E-state index in [1.54, 1.807) is 59.0 Å². The largest absolute Gasteiger partial charge is 0.494 e. The predicted octanol–water partition coefficient (Wildman–Crippen LogP) is 4.60. The highest BCUT2D eigenvalue weighted by Gasteiger charge is 2.26. The number of fused-ring (bicyclic) bond motifs is 2. The Kier molecular flexibility index (Phi) is 14.3. The number of nitrogens with two attached hydrogens (primary N) is 1. The zero-order valence-electron chi connectivity index (χ0n) is 38.5. The third-order valence-electron chi connectivity index (χ3n) is 11.2. The van der Waals surface area contributed by atoms with E-state index >= 15 is 0 Å². The number of aryl methyl sites for hydroxylation is 4. The molecule has 21 nitrogen and oxygen atoms in total. The van der Waals surface area contributed by atoms with Crippen LogP contribution in [0.4, 0.5) is 11.9 Å². The Balaban J connectivity index is 1.19. The van der Waals surface area contributed by atoms with E-state index in [0.717, 1.165) is 4.90 Å². The molecular weight excluding hydrogens is 879 g/mol. The number of benzene rings is 2. The molecule has 21 heteroatoms. The summed E-state index contributed by atoms with van der Waals surface area (Å²) in [5.41, 5.74) is 9.00. The highest BCUT2D eigenvalue weighted by atomic mass is 16.5. The van der Waals surface area contributed by atoms with Crippen LogP contribution in [0.3, 0.4) is 0 Å². The van der Waals surface area contributed by atoms with Gasteiger partial charge in [-0.1, -0.05) is 19.1 Å². The van der Waals surface area contributed by atoms with Crippen LogP contribution < -0.4 is 25.8 Å². The number of carbonyl (C=O) groups is 7. The summed E-state index contributed by atoms with van der Waals surface area (Å²) in [7, 11) is 3.06. The molecule has 1 aliphatic heterocycles. The molecule has 4 N–H and O–H groups in total. The Labute approximate surface area is 389 Å². The maximum Gasteiger partial charge on any atom is 0.276 e. The first-order valence-corrected chi connectivity index (χ1v) is 21.8. The number of imidazole rings is 2. The Hall–Kier alpha value is -8.36. The van der Waals surface area contributed by atoms with Gasteiger partial charge in [-0.05, 0) is 63.6 Å². The van der Waals surface area contributed by atoms with Crippen molar-refractivity contribution in [2.45, 2.75) is 66.6 Å². The monoisotopic (exact) mass is 929 g/mol. The summed E-state index contributed by atoms with van der Waals surface area (Å²) in [6.45, 7) is 8.32. The summed E-state index contributed by atoms with van der Waals surface area (Å²) in [6, 6.07) is 9.47. The van der Waals surface area contributed by atoms with Gasteiger partial charge in [-0.15, -0.1) is 0 Å². The topological polar surface area (TPSA) is 261 Å². The Morgan fingerprint density at radius 1 is 0.868 bits per heavy atom. The number of nitrogens with zero attached hydrogens (tertiary/aromatic N) is 8. The van der Waals surface area contributed by atoms with Gasteiger partial charge in [0.25, 0.3) is 23.6 Å². The minimum Gasteiger partial charge on any atom is -0.494 e. The lowest BCUT2D eigenvalue weighted by Gasteiger charge is -2.19. The number of aldehydes is 1. The van der Waals surface area contributed by atoms with E-state index in [1.807, 2.05) is 26.0 Å². The molecule has 0 saturated carbocycles. The molecule has 0 unspecified atom stereocenters. The lowest BCUT2D eigenvalue weighted by atomic mass is 10.1. The number of primary amides is 1. The first-order chi connectivity index (χ1) is 32.6. The van der Waals surface area contributed by atoms with Crippen molar-refractivity contribution in [3.8, 4) is 11.5 Å². The SMILES string of the molecule is CCc1oc(C)cc1C(=O)Nc1nc2cc(C=O)cc(OCCCN(C)C(=O)CCN3C(=O)C=CC3=O)c2n1C/C=C/Cn1c(NC(=O)c2cc(C)nn2CC)nc2cc(C(N)=O)cc(OC)c21. The molecule has 0 saturated heterocycles. The van der Waals surface area contributed by atoms with Crippen LogP contribution in [0, 0.1) is 13.8 Å². The summed E-state index contributed by atoms with van der Waals surface area (Å²) >= 11 is 0. The van der Waals surface area contributed by atoms with Crippen molar-refractivity contribution in [1.29, 1.82) is 0 Å². The number of anilines is 2. The van der Waals surface area contributed by atoms with E-state index in [0.29, 0.717) is 76.2 Å². The van der Waals surface area contributed by atoms with Crippen molar-refractivity contribution in [2.75, 3.05) is 44.5 Å². The number of ether oxygens (including phenoxy) is 2. The fourth-order valence-corrected chi connectivity index (χ4v) is 7.84. The van der Waals surface area contributed by atoms with Gasteiger partial charge in [-0.2, -0.15) is 5.10 Å². The van der Waals surface area contributed by atoms with E-state index in [2.05, 4.69) is 20.7 Å². The van der Waals surface area contributed by atoms with Crippen LogP contribution in [0.25, 0.3) is 22.1 Å². The quantitative estimate of drug-likeness (QED) is 0.0386. The first-order valence-electron chi connectivity index (χ1n) is 21.8. The minimum atomic E-state index is -0.691. The fraction of sp³-hybridized carbons (Fsp3) is 0.319.